The Kier molecular flexibility index (Phi) is 1.74. The van der Waals surface area contributed by atoms with Crippen LogP contribution in [-0.2, 0) is 0 Å². The molecule has 0 saturated heterocycles. The summed E-state index contributed by atoms with van der Waals surface area (Å²) in [7, 11) is 0. The van der Waals surface area contributed by atoms with Crippen molar-refractivity contribution in [3.8, 4) is 0 Å². The maximum atomic E-state index is 5.88. The number of nitrogen functional groups attached to an aromatic ring is 1. The molecule has 1 heterocycles. The lowest BCUT2D eigenvalue weighted by Crippen LogP contribution is -1.85. The summed E-state index contributed by atoms with van der Waals surface area (Å²) in [6.07, 6.45) is 0. The quantitative estimate of drug-likeness (QED) is 0.644. The van der Waals surface area contributed by atoms with Crippen molar-refractivity contribution in [2.24, 2.45) is 0 Å². The molecule has 0 saturated carbocycles. The molecular weight excluding hydrogens is 190 g/mol. The van der Waals surface area contributed by atoms with E-state index in [-0.39, 0.29) is 0 Å². The number of benzene rings is 1. The largest absolute Gasteiger partial charge is 0.397 e. The monoisotopic (exact) mass is 197 g/mol. The van der Waals surface area contributed by atoms with Crippen LogP contribution in [0.2, 0.25) is 5.02 Å². The molecule has 2 aromatic rings. The van der Waals surface area contributed by atoms with Gasteiger partial charge >= 0.3 is 0 Å². The Morgan fingerprint density at radius 3 is 2.92 bits per heavy atom. The van der Waals surface area contributed by atoms with Gasteiger partial charge in [-0.25, -0.2) is 0 Å². The molecule has 0 spiro atoms. The van der Waals surface area contributed by atoms with E-state index in [1.54, 1.807) is 11.3 Å². The molecule has 2 rings (SSSR count). The highest BCUT2D eigenvalue weighted by atomic mass is 35.5. The van der Waals surface area contributed by atoms with Gasteiger partial charge in [0.25, 0.3) is 0 Å². The maximum absolute atomic E-state index is 5.88. The van der Waals surface area contributed by atoms with Gasteiger partial charge in [-0.2, -0.15) is 0 Å². The first-order valence-electron chi connectivity index (χ1n) is 3.62. The van der Waals surface area contributed by atoms with Crippen molar-refractivity contribution in [3.05, 3.63) is 28.1 Å². The topological polar surface area (TPSA) is 26.0 Å². The van der Waals surface area contributed by atoms with Crippen molar-refractivity contribution >= 4 is 38.7 Å². The van der Waals surface area contributed by atoms with Gasteiger partial charge in [0.2, 0.25) is 0 Å². The number of hydrogen-bond donors (Lipinski definition) is 1. The number of fused-ring (bicyclic) bond motifs is 1. The molecule has 1 nitrogen and oxygen atoms in total. The third kappa shape index (κ3) is 1.08. The summed E-state index contributed by atoms with van der Waals surface area (Å²) in [4.78, 5) is 1.26. The molecule has 3 heteroatoms. The third-order valence-corrected chi connectivity index (χ3v) is 3.16. The number of halogens is 1. The Balaban J connectivity index is 2.89. The minimum atomic E-state index is 0.639. The average Bonchev–Trinajstić information content (AvgIpc) is 2.39. The van der Waals surface area contributed by atoms with Crippen LogP contribution in [0.4, 0.5) is 5.69 Å². The van der Waals surface area contributed by atoms with Gasteiger partial charge in [-0.15, -0.1) is 11.3 Å². The SMILES string of the molecule is Cc1cc2c(N)c(Cl)ccc2s1. The normalized spacial score (nSPS) is 10.8. The molecule has 0 amide bonds. The fourth-order valence-corrected chi connectivity index (χ4v) is 2.34. The van der Waals surface area contributed by atoms with Crippen LogP contribution >= 0.6 is 22.9 Å². The Morgan fingerprint density at radius 2 is 2.17 bits per heavy atom. The fraction of sp³-hybridized carbons (Fsp3) is 0.111. The Hall–Kier alpha value is -0.730. The van der Waals surface area contributed by atoms with Crippen LogP contribution in [-0.4, -0.2) is 0 Å². The predicted molar refractivity (Wildman–Crippen MR) is 56.0 cm³/mol. The molecule has 0 aliphatic heterocycles. The lowest BCUT2D eigenvalue weighted by Gasteiger charge is -1.97. The first-order chi connectivity index (χ1) is 5.68. The third-order valence-electron chi connectivity index (χ3n) is 1.81. The second-order valence-corrected chi connectivity index (χ2v) is 4.43. The molecule has 12 heavy (non-hydrogen) atoms. The molecule has 2 N–H and O–H groups in total. The minimum absolute atomic E-state index is 0.639. The average molecular weight is 198 g/mol. The van der Waals surface area contributed by atoms with E-state index in [2.05, 4.69) is 13.0 Å². The van der Waals surface area contributed by atoms with Gasteiger partial charge in [-0.1, -0.05) is 11.6 Å². The zero-order chi connectivity index (χ0) is 8.72. The number of thiophene rings is 1. The van der Waals surface area contributed by atoms with Gasteiger partial charge in [0, 0.05) is 15.0 Å². The summed E-state index contributed by atoms with van der Waals surface area (Å²) in [5.74, 6) is 0. The van der Waals surface area contributed by atoms with E-state index >= 15 is 0 Å². The van der Waals surface area contributed by atoms with Gasteiger partial charge in [0.15, 0.2) is 0 Å². The molecule has 0 fully saturated rings. The van der Waals surface area contributed by atoms with E-state index in [4.69, 9.17) is 17.3 Å². The van der Waals surface area contributed by atoms with Gasteiger partial charge in [-0.3, -0.25) is 0 Å². The molecule has 0 unspecified atom stereocenters. The predicted octanol–water partition coefficient (Wildman–Crippen LogP) is 3.45. The van der Waals surface area contributed by atoms with E-state index in [0.717, 1.165) is 5.39 Å². The highest BCUT2D eigenvalue weighted by Gasteiger charge is 2.04. The summed E-state index contributed by atoms with van der Waals surface area (Å²) in [5, 5.41) is 1.71. The number of hydrogen-bond acceptors (Lipinski definition) is 2. The first-order valence-corrected chi connectivity index (χ1v) is 4.82. The molecule has 1 aromatic heterocycles. The van der Waals surface area contributed by atoms with E-state index in [1.807, 2.05) is 12.1 Å². The zero-order valence-corrected chi connectivity index (χ0v) is 8.17. The van der Waals surface area contributed by atoms with Crippen LogP contribution in [0.15, 0.2) is 18.2 Å². The van der Waals surface area contributed by atoms with Crippen LogP contribution in [0.3, 0.4) is 0 Å². The summed E-state index contributed by atoms with van der Waals surface area (Å²) >= 11 is 7.61. The van der Waals surface area contributed by atoms with Crippen molar-refractivity contribution in [2.45, 2.75) is 6.92 Å². The standard InChI is InChI=1S/C9H8ClNS/c1-5-4-6-8(12-5)3-2-7(10)9(6)11/h2-4H,11H2,1H3. The summed E-state index contributed by atoms with van der Waals surface area (Å²) in [6, 6.07) is 5.92. The molecule has 0 bridgehead atoms. The summed E-state index contributed by atoms with van der Waals surface area (Å²) < 4.78 is 1.20. The first kappa shape index (κ1) is 7.90. The Morgan fingerprint density at radius 1 is 1.42 bits per heavy atom. The van der Waals surface area contributed by atoms with Crippen molar-refractivity contribution in [1.82, 2.24) is 0 Å². The molecule has 1 aromatic carbocycles. The van der Waals surface area contributed by atoms with Gasteiger partial charge in [0.05, 0.1) is 10.7 Å². The van der Waals surface area contributed by atoms with Gasteiger partial charge < -0.3 is 5.73 Å². The minimum Gasteiger partial charge on any atom is -0.397 e. The van der Waals surface area contributed by atoms with E-state index < -0.39 is 0 Å². The molecule has 0 aliphatic rings. The van der Waals surface area contributed by atoms with Crippen molar-refractivity contribution in [2.75, 3.05) is 5.73 Å². The fourth-order valence-electron chi connectivity index (χ4n) is 1.23. The molecular formula is C9H8ClNS. The molecule has 0 radical (unpaired) electrons. The molecule has 62 valence electrons. The number of rotatable bonds is 0. The maximum Gasteiger partial charge on any atom is 0.0642 e. The van der Waals surface area contributed by atoms with Crippen LogP contribution < -0.4 is 5.73 Å². The lowest BCUT2D eigenvalue weighted by molar-refractivity contribution is 1.65. The van der Waals surface area contributed by atoms with E-state index in [9.17, 15) is 0 Å². The lowest BCUT2D eigenvalue weighted by atomic mass is 10.2. The van der Waals surface area contributed by atoms with Crippen LogP contribution in [0, 0.1) is 6.92 Å². The highest BCUT2D eigenvalue weighted by Crippen LogP contribution is 2.33. The second-order valence-electron chi connectivity index (χ2n) is 2.73. The van der Waals surface area contributed by atoms with E-state index in [1.165, 1.54) is 9.58 Å². The molecule has 0 atom stereocenters. The van der Waals surface area contributed by atoms with Crippen molar-refractivity contribution in [3.63, 3.8) is 0 Å². The summed E-state index contributed by atoms with van der Waals surface area (Å²) in [5.41, 5.74) is 6.50. The number of aryl methyl sites for hydroxylation is 1. The van der Waals surface area contributed by atoms with Crippen LogP contribution in [0.5, 0.6) is 0 Å². The van der Waals surface area contributed by atoms with Gasteiger partial charge in [0.1, 0.15) is 0 Å². The highest BCUT2D eigenvalue weighted by molar-refractivity contribution is 7.19. The summed E-state index contributed by atoms with van der Waals surface area (Å²) in [6.45, 7) is 2.07. The smallest absolute Gasteiger partial charge is 0.0642 e. The number of anilines is 1. The van der Waals surface area contributed by atoms with Crippen molar-refractivity contribution in [1.29, 1.82) is 0 Å². The van der Waals surface area contributed by atoms with Gasteiger partial charge in [-0.05, 0) is 25.1 Å². The van der Waals surface area contributed by atoms with Crippen LogP contribution in [0.1, 0.15) is 4.88 Å². The zero-order valence-electron chi connectivity index (χ0n) is 6.60. The van der Waals surface area contributed by atoms with Crippen molar-refractivity contribution < 1.29 is 0 Å². The second kappa shape index (κ2) is 2.64. The van der Waals surface area contributed by atoms with E-state index in [0.29, 0.717) is 10.7 Å². The number of nitrogens with two attached hydrogens (primary N) is 1. The molecule has 0 aliphatic carbocycles. The Bertz CT molecular complexity index is 433. The Labute approximate surface area is 79.8 Å². The van der Waals surface area contributed by atoms with Crippen LogP contribution in [0.25, 0.3) is 10.1 Å².